The highest BCUT2D eigenvalue weighted by Crippen LogP contribution is 2.32. The van der Waals surface area contributed by atoms with Gasteiger partial charge < -0.3 is 9.88 Å². The number of thioether (sulfide) groups is 1. The van der Waals surface area contributed by atoms with Gasteiger partial charge in [-0.15, -0.1) is 10.2 Å². The quantitative estimate of drug-likeness (QED) is 0.757. The smallest absolute Gasteiger partial charge is 0.233 e. The van der Waals surface area contributed by atoms with Crippen LogP contribution >= 0.6 is 35.0 Å². The second kappa shape index (κ2) is 8.23. The predicted molar refractivity (Wildman–Crippen MR) is 99.7 cm³/mol. The molecule has 0 bridgehead atoms. The number of rotatable bonds is 6. The van der Waals surface area contributed by atoms with Gasteiger partial charge in [-0.3, -0.25) is 4.79 Å². The summed E-state index contributed by atoms with van der Waals surface area (Å²) in [5, 5.41) is 12.7. The third kappa shape index (κ3) is 4.43. The lowest BCUT2D eigenvalue weighted by molar-refractivity contribution is -0.119. The van der Waals surface area contributed by atoms with Crippen LogP contribution in [0.25, 0.3) is 11.4 Å². The molecule has 130 valence electrons. The molecule has 1 unspecified atom stereocenters. The van der Waals surface area contributed by atoms with Crippen LogP contribution in [0.1, 0.15) is 20.8 Å². The first-order valence-corrected chi connectivity index (χ1v) is 9.24. The van der Waals surface area contributed by atoms with Crippen molar-refractivity contribution in [3.05, 3.63) is 28.2 Å². The Labute approximate surface area is 156 Å². The van der Waals surface area contributed by atoms with Crippen LogP contribution in [0.15, 0.2) is 23.4 Å². The number of hydrogen-bond donors (Lipinski definition) is 1. The molecular weight excluding hydrogens is 367 g/mol. The van der Waals surface area contributed by atoms with E-state index < -0.39 is 0 Å². The molecule has 0 radical (unpaired) electrons. The number of amides is 1. The van der Waals surface area contributed by atoms with Gasteiger partial charge in [0.25, 0.3) is 0 Å². The van der Waals surface area contributed by atoms with E-state index in [0.717, 1.165) is 12.1 Å². The summed E-state index contributed by atoms with van der Waals surface area (Å²) in [6, 6.07) is 5.30. The van der Waals surface area contributed by atoms with Crippen molar-refractivity contribution in [2.45, 2.75) is 37.7 Å². The summed E-state index contributed by atoms with van der Waals surface area (Å²) < 4.78 is 2.00. The molecule has 1 N–H and O–H groups in total. The van der Waals surface area contributed by atoms with Crippen LogP contribution in [-0.2, 0) is 11.3 Å². The Morgan fingerprint density at radius 1 is 1.29 bits per heavy atom. The Morgan fingerprint density at radius 2 is 2.00 bits per heavy atom. The first-order chi connectivity index (χ1) is 11.3. The normalized spacial score (nSPS) is 12.5. The van der Waals surface area contributed by atoms with Crippen LogP contribution in [0.3, 0.4) is 0 Å². The number of benzene rings is 1. The van der Waals surface area contributed by atoms with Crippen molar-refractivity contribution in [1.82, 2.24) is 20.1 Å². The molecule has 0 aliphatic heterocycles. The summed E-state index contributed by atoms with van der Waals surface area (Å²) in [6.45, 7) is 6.80. The van der Waals surface area contributed by atoms with Crippen molar-refractivity contribution in [1.29, 1.82) is 0 Å². The molecule has 0 fully saturated rings. The van der Waals surface area contributed by atoms with E-state index in [0.29, 0.717) is 26.9 Å². The molecule has 0 aliphatic carbocycles. The minimum absolute atomic E-state index is 0.0508. The van der Waals surface area contributed by atoms with Crippen molar-refractivity contribution in [3.8, 4) is 11.4 Å². The van der Waals surface area contributed by atoms with E-state index in [1.807, 2.05) is 17.6 Å². The van der Waals surface area contributed by atoms with Gasteiger partial charge in [0.15, 0.2) is 11.0 Å². The van der Waals surface area contributed by atoms with Crippen molar-refractivity contribution in [3.63, 3.8) is 0 Å². The van der Waals surface area contributed by atoms with E-state index in [1.54, 1.807) is 19.2 Å². The van der Waals surface area contributed by atoms with Gasteiger partial charge in [0, 0.05) is 24.2 Å². The topological polar surface area (TPSA) is 59.8 Å². The lowest BCUT2D eigenvalue weighted by Crippen LogP contribution is -2.27. The molecule has 1 aromatic carbocycles. The van der Waals surface area contributed by atoms with Gasteiger partial charge in [-0.1, -0.05) is 48.8 Å². The van der Waals surface area contributed by atoms with Gasteiger partial charge in [0.2, 0.25) is 5.91 Å². The zero-order valence-corrected chi connectivity index (χ0v) is 16.3. The van der Waals surface area contributed by atoms with E-state index in [2.05, 4.69) is 29.4 Å². The second-order valence-corrected chi connectivity index (χ2v) is 7.96. The molecule has 24 heavy (non-hydrogen) atoms. The highest BCUT2D eigenvalue weighted by atomic mass is 35.5. The van der Waals surface area contributed by atoms with E-state index in [1.165, 1.54) is 11.8 Å². The fraction of sp³-hybridized carbons (Fsp3) is 0.438. The summed E-state index contributed by atoms with van der Waals surface area (Å²) in [5.41, 5.74) is 0.772. The maximum atomic E-state index is 11.8. The molecule has 0 saturated carbocycles. The SMILES string of the molecule is CNC(=O)C(C)Sc1nnc(-c2ccc(Cl)cc2Cl)n1CC(C)C. The number of nitrogens with one attached hydrogen (secondary N) is 1. The molecule has 0 spiro atoms. The van der Waals surface area contributed by atoms with Crippen LogP contribution in [0.2, 0.25) is 10.0 Å². The van der Waals surface area contributed by atoms with E-state index >= 15 is 0 Å². The number of halogens is 2. The van der Waals surface area contributed by atoms with Crippen molar-refractivity contribution in [2.75, 3.05) is 7.05 Å². The third-order valence-electron chi connectivity index (χ3n) is 3.33. The second-order valence-electron chi connectivity index (χ2n) is 5.81. The van der Waals surface area contributed by atoms with Gasteiger partial charge in [0.05, 0.1) is 10.3 Å². The van der Waals surface area contributed by atoms with Gasteiger partial charge >= 0.3 is 0 Å². The minimum Gasteiger partial charge on any atom is -0.358 e. The maximum Gasteiger partial charge on any atom is 0.233 e. The summed E-state index contributed by atoms with van der Waals surface area (Å²) in [4.78, 5) is 11.8. The average molecular weight is 387 g/mol. The van der Waals surface area contributed by atoms with Gasteiger partial charge in [-0.2, -0.15) is 0 Å². The highest BCUT2D eigenvalue weighted by molar-refractivity contribution is 8.00. The molecule has 1 heterocycles. The fourth-order valence-electron chi connectivity index (χ4n) is 2.19. The monoisotopic (exact) mass is 386 g/mol. The minimum atomic E-state index is -0.265. The first kappa shape index (κ1) is 19.1. The molecule has 8 heteroatoms. The number of nitrogens with zero attached hydrogens (tertiary/aromatic N) is 3. The summed E-state index contributed by atoms with van der Waals surface area (Å²) in [5.74, 6) is 1.02. The molecule has 0 saturated heterocycles. The maximum absolute atomic E-state index is 11.8. The lowest BCUT2D eigenvalue weighted by Gasteiger charge is -2.15. The Balaban J connectivity index is 2.43. The highest BCUT2D eigenvalue weighted by Gasteiger charge is 2.21. The number of carbonyl (C=O) groups is 1. The summed E-state index contributed by atoms with van der Waals surface area (Å²) >= 11 is 13.7. The van der Waals surface area contributed by atoms with Crippen LogP contribution in [0, 0.1) is 5.92 Å². The first-order valence-electron chi connectivity index (χ1n) is 7.60. The molecule has 1 amide bonds. The van der Waals surface area contributed by atoms with Crippen LogP contribution in [0.5, 0.6) is 0 Å². The molecule has 2 rings (SSSR count). The third-order valence-corrected chi connectivity index (χ3v) is 4.96. The molecule has 2 aromatic rings. The predicted octanol–water partition coefficient (Wildman–Crippen LogP) is 4.13. The van der Waals surface area contributed by atoms with E-state index in [4.69, 9.17) is 23.2 Å². The van der Waals surface area contributed by atoms with Gasteiger partial charge in [0.1, 0.15) is 0 Å². The van der Waals surface area contributed by atoms with Crippen molar-refractivity contribution < 1.29 is 4.79 Å². The molecule has 1 aromatic heterocycles. The van der Waals surface area contributed by atoms with E-state index in [-0.39, 0.29) is 11.2 Å². The lowest BCUT2D eigenvalue weighted by atomic mass is 10.2. The number of hydrogen-bond acceptors (Lipinski definition) is 4. The Kier molecular flexibility index (Phi) is 6.54. The van der Waals surface area contributed by atoms with Crippen LogP contribution in [-0.4, -0.2) is 33.0 Å². The zero-order valence-electron chi connectivity index (χ0n) is 14.0. The average Bonchev–Trinajstić information content (AvgIpc) is 2.88. The zero-order chi connectivity index (χ0) is 17.9. The molecular formula is C16H20Cl2N4OS. The fourth-order valence-corrected chi connectivity index (χ4v) is 3.60. The van der Waals surface area contributed by atoms with E-state index in [9.17, 15) is 4.79 Å². The van der Waals surface area contributed by atoms with Gasteiger partial charge in [-0.25, -0.2) is 0 Å². The Morgan fingerprint density at radius 3 is 2.58 bits per heavy atom. The van der Waals surface area contributed by atoms with Crippen molar-refractivity contribution >= 4 is 40.9 Å². The molecule has 5 nitrogen and oxygen atoms in total. The Bertz CT molecular complexity index is 733. The largest absolute Gasteiger partial charge is 0.358 e. The van der Waals surface area contributed by atoms with Crippen LogP contribution < -0.4 is 5.32 Å². The van der Waals surface area contributed by atoms with Crippen molar-refractivity contribution in [2.24, 2.45) is 5.92 Å². The number of aromatic nitrogens is 3. The summed E-state index contributed by atoms with van der Waals surface area (Å²) in [6.07, 6.45) is 0. The Hall–Kier alpha value is -1.24. The van der Waals surface area contributed by atoms with Gasteiger partial charge in [-0.05, 0) is 31.0 Å². The number of carbonyl (C=O) groups excluding carboxylic acids is 1. The standard InChI is InChI=1S/C16H20Cl2N4OS/c1-9(2)8-22-14(12-6-5-11(17)7-13(12)18)20-21-16(22)24-10(3)15(23)19-4/h5-7,9-10H,8H2,1-4H3,(H,19,23). The van der Waals surface area contributed by atoms with Crippen LogP contribution in [0.4, 0.5) is 0 Å². The molecule has 0 aliphatic rings. The summed E-state index contributed by atoms with van der Waals surface area (Å²) in [7, 11) is 1.62. The molecule has 1 atom stereocenters.